The number of aryl methyl sites for hydroxylation is 1. The summed E-state index contributed by atoms with van der Waals surface area (Å²) in [5, 5.41) is 0. The minimum absolute atomic E-state index is 0.193. The lowest BCUT2D eigenvalue weighted by atomic mass is 10.0. The Bertz CT molecular complexity index is 1350. The van der Waals surface area contributed by atoms with Crippen LogP contribution in [0.15, 0.2) is 71.4 Å². The molecule has 0 radical (unpaired) electrons. The highest BCUT2D eigenvalue weighted by Gasteiger charge is 2.38. The van der Waals surface area contributed by atoms with Crippen LogP contribution in [0.1, 0.15) is 30.8 Å². The van der Waals surface area contributed by atoms with Gasteiger partial charge in [-0.3, -0.25) is 9.69 Å². The number of aromatic nitrogens is 1. The van der Waals surface area contributed by atoms with E-state index in [-0.39, 0.29) is 29.5 Å². The number of anilines is 1. The van der Waals surface area contributed by atoms with Crippen molar-refractivity contribution in [2.75, 3.05) is 18.6 Å². The molecule has 0 saturated heterocycles. The van der Waals surface area contributed by atoms with Gasteiger partial charge in [-0.25, -0.2) is 9.18 Å². The molecule has 7 heteroatoms. The van der Waals surface area contributed by atoms with Crippen LogP contribution in [-0.4, -0.2) is 30.2 Å². The summed E-state index contributed by atoms with van der Waals surface area (Å²) in [5.41, 5.74) is 4.97. The fourth-order valence-electron chi connectivity index (χ4n) is 4.40. The van der Waals surface area contributed by atoms with Gasteiger partial charge in [-0.15, -0.1) is 0 Å². The van der Waals surface area contributed by atoms with Gasteiger partial charge in [-0.2, -0.15) is 0 Å². The lowest BCUT2D eigenvalue weighted by molar-refractivity contribution is -0.138. The molecular weight excluding hydrogens is 447 g/mol. The van der Waals surface area contributed by atoms with E-state index in [0.717, 1.165) is 22.6 Å². The zero-order valence-electron chi connectivity index (χ0n) is 20.4. The molecule has 2 aromatic carbocycles. The average Bonchev–Trinajstić information content (AvgIpc) is 3.26. The van der Waals surface area contributed by atoms with Gasteiger partial charge in [0.15, 0.2) is 0 Å². The number of carbonyl (C=O) groups excluding carboxylic acids is 2. The molecule has 0 spiro atoms. The molecule has 0 unspecified atom stereocenters. The van der Waals surface area contributed by atoms with Gasteiger partial charge in [0.25, 0.3) is 5.91 Å². The number of rotatable bonds is 6. The number of amides is 1. The van der Waals surface area contributed by atoms with Gasteiger partial charge in [0.05, 0.1) is 24.9 Å². The second-order valence-electron chi connectivity index (χ2n) is 8.22. The maximum atomic E-state index is 13.6. The van der Waals surface area contributed by atoms with E-state index in [1.54, 1.807) is 63.4 Å². The zero-order chi connectivity index (χ0) is 25.3. The summed E-state index contributed by atoms with van der Waals surface area (Å²) in [6, 6.07) is 15.2. The molecule has 1 aliphatic rings. The first kappa shape index (κ1) is 24.0. The maximum Gasteiger partial charge on any atom is 0.340 e. The number of benzene rings is 2. The molecule has 0 aliphatic carbocycles. The molecule has 0 N–H and O–H groups in total. The summed E-state index contributed by atoms with van der Waals surface area (Å²) in [6.07, 6.45) is 1.73. The topological polar surface area (TPSA) is 60.8 Å². The molecule has 0 bridgehead atoms. The summed E-state index contributed by atoms with van der Waals surface area (Å²) >= 11 is 0. The molecule has 6 nitrogen and oxygen atoms in total. The predicted octanol–water partition coefficient (Wildman–Crippen LogP) is 5.51. The van der Waals surface area contributed by atoms with Crippen molar-refractivity contribution in [3.05, 3.63) is 94.2 Å². The highest BCUT2D eigenvalue weighted by atomic mass is 19.1. The van der Waals surface area contributed by atoms with E-state index in [1.807, 2.05) is 24.5 Å². The first-order valence-electron chi connectivity index (χ1n) is 11.3. The summed E-state index contributed by atoms with van der Waals surface area (Å²) in [5.74, 6) is -0.514. The first-order chi connectivity index (χ1) is 16.8. The van der Waals surface area contributed by atoms with E-state index in [2.05, 4.69) is 0 Å². The highest BCUT2D eigenvalue weighted by molar-refractivity contribution is 6.23. The van der Waals surface area contributed by atoms with Crippen molar-refractivity contribution >= 4 is 23.6 Å². The van der Waals surface area contributed by atoms with Crippen molar-refractivity contribution in [1.82, 2.24) is 4.57 Å². The van der Waals surface area contributed by atoms with Crippen LogP contribution in [0.25, 0.3) is 11.8 Å². The van der Waals surface area contributed by atoms with Gasteiger partial charge in [-0.05, 0) is 93.9 Å². The Labute approximate surface area is 203 Å². The Morgan fingerprint density at radius 3 is 2.23 bits per heavy atom. The van der Waals surface area contributed by atoms with E-state index in [9.17, 15) is 14.0 Å². The summed E-state index contributed by atoms with van der Waals surface area (Å²) in [6.45, 7) is 7.51. The van der Waals surface area contributed by atoms with Gasteiger partial charge in [-0.1, -0.05) is 0 Å². The molecule has 0 saturated carbocycles. The maximum absolute atomic E-state index is 13.6. The molecule has 0 fully saturated rings. The summed E-state index contributed by atoms with van der Waals surface area (Å²) in [7, 11) is 1.57. The Hall–Kier alpha value is -4.13. The number of ether oxygens (including phenoxy) is 2. The van der Waals surface area contributed by atoms with Gasteiger partial charge >= 0.3 is 5.97 Å². The zero-order valence-corrected chi connectivity index (χ0v) is 20.4. The Morgan fingerprint density at radius 2 is 1.63 bits per heavy atom. The highest BCUT2D eigenvalue weighted by Crippen LogP contribution is 2.37. The van der Waals surface area contributed by atoms with Crippen molar-refractivity contribution in [3.8, 4) is 11.4 Å². The van der Waals surface area contributed by atoms with Gasteiger partial charge in [0.2, 0.25) is 0 Å². The number of carbonyl (C=O) groups is 2. The van der Waals surface area contributed by atoms with Crippen LogP contribution in [0.5, 0.6) is 5.75 Å². The minimum atomic E-state index is -0.548. The molecule has 1 amide bonds. The molecular formula is C28H27FN2O4. The average molecular weight is 475 g/mol. The van der Waals surface area contributed by atoms with Gasteiger partial charge in [0, 0.05) is 28.5 Å². The van der Waals surface area contributed by atoms with E-state index < -0.39 is 5.97 Å². The fraction of sp³-hybridized carbons (Fsp3) is 0.214. The first-order valence-corrected chi connectivity index (χ1v) is 11.3. The van der Waals surface area contributed by atoms with Crippen LogP contribution in [0.3, 0.4) is 0 Å². The quantitative estimate of drug-likeness (QED) is 0.349. The summed E-state index contributed by atoms with van der Waals surface area (Å²) < 4.78 is 25.9. The Kier molecular flexibility index (Phi) is 6.60. The number of halogens is 1. The molecule has 2 heterocycles. The van der Waals surface area contributed by atoms with Crippen LogP contribution in [0.2, 0.25) is 0 Å². The third kappa shape index (κ3) is 4.37. The van der Waals surface area contributed by atoms with E-state index in [0.29, 0.717) is 17.1 Å². The lowest BCUT2D eigenvalue weighted by Crippen LogP contribution is -2.24. The second kappa shape index (κ2) is 9.62. The van der Waals surface area contributed by atoms with E-state index in [1.165, 1.54) is 17.0 Å². The molecule has 0 atom stereocenters. The molecule has 1 aliphatic heterocycles. The minimum Gasteiger partial charge on any atom is -0.497 e. The van der Waals surface area contributed by atoms with Crippen LogP contribution in [-0.2, 0) is 14.3 Å². The van der Waals surface area contributed by atoms with Crippen molar-refractivity contribution in [3.63, 3.8) is 0 Å². The van der Waals surface area contributed by atoms with Crippen LogP contribution in [0.4, 0.5) is 10.1 Å². The Balaban J connectivity index is 1.82. The number of hydrogen-bond acceptors (Lipinski definition) is 4. The number of nitrogens with zero attached hydrogens (tertiary/aromatic N) is 2. The van der Waals surface area contributed by atoms with Crippen molar-refractivity contribution < 1.29 is 23.5 Å². The smallest absolute Gasteiger partial charge is 0.340 e. The second-order valence-corrected chi connectivity index (χ2v) is 8.22. The molecule has 180 valence electrons. The third-order valence-electron chi connectivity index (χ3n) is 6.07. The van der Waals surface area contributed by atoms with Crippen molar-refractivity contribution in [2.24, 2.45) is 0 Å². The Morgan fingerprint density at radius 1 is 1.00 bits per heavy atom. The van der Waals surface area contributed by atoms with Crippen LogP contribution >= 0.6 is 0 Å². The summed E-state index contributed by atoms with van der Waals surface area (Å²) in [4.78, 5) is 28.1. The van der Waals surface area contributed by atoms with Crippen LogP contribution < -0.4 is 9.64 Å². The SMILES string of the molecule is CCOC(=O)C1=C(C)N(c2ccc(OC)cc2)C(=O)/C1=C\c1cc(C)n(-c2ccc(F)cc2)c1C. The fourth-order valence-corrected chi connectivity index (χ4v) is 4.40. The van der Waals surface area contributed by atoms with Crippen molar-refractivity contribution in [1.29, 1.82) is 0 Å². The lowest BCUT2D eigenvalue weighted by Gasteiger charge is -2.18. The molecule has 35 heavy (non-hydrogen) atoms. The number of hydrogen-bond donors (Lipinski definition) is 0. The van der Waals surface area contributed by atoms with Gasteiger partial charge < -0.3 is 14.0 Å². The molecule has 1 aromatic heterocycles. The molecule has 4 rings (SSSR count). The van der Waals surface area contributed by atoms with E-state index >= 15 is 0 Å². The monoisotopic (exact) mass is 474 g/mol. The standard InChI is InChI=1S/C28H27FN2O4/c1-6-35-28(33)26-19(4)31(23-11-13-24(34-5)14-12-23)27(32)25(26)16-20-15-17(2)30(18(20)3)22-9-7-21(29)8-10-22/h7-16H,6H2,1-5H3/b25-16-. The third-order valence-corrected chi connectivity index (χ3v) is 6.07. The molecule has 3 aromatic rings. The largest absolute Gasteiger partial charge is 0.497 e. The predicted molar refractivity (Wildman–Crippen MR) is 133 cm³/mol. The number of methoxy groups -OCH3 is 1. The van der Waals surface area contributed by atoms with Crippen molar-refractivity contribution in [2.45, 2.75) is 27.7 Å². The number of allylic oxidation sites excluding steroid dienone is 1. The number of esters is 1. The van der Waals surface area contributed by atoms with E-state index in [4.69, 9.17) is 9.47 Å². The van der Waals surface area contributed by atoms with Gasteiger partial charge in [0.1, 0.15) is 11.6 Å². The van der Waals surface area contributed by atoms with Crippen LogP contribution in [0, 0.1) is 19.7 Å². The normalized spacial score (nSPS) is 14.7.